The smallest absolute Gasteiger partial charge is 0.119 e. The molecule has 124 valence electrons. The summed E-state index contributed by atoms with van der Waals surface area (Å²) in [5, 5.41) is 11.7. The normalized spacial score (nSPS) is 15.3. The molecule has 0 fully saturated rings. The van der Waals surface area contributed by atoms with E-state index < -0.39 is 5.60 Å². The molecule has 23 heavy (non-hydrogen) atoms. The van der Waals surface area contributed by atoms with Crippen LogP contribution in [-0.4, -0.2) is 37.8 Å². The van der Waals surface area contributed by atoms with Gasteiger partial charge >= 0.3 is 0 Å². The van der Waals surface area contributed by atoms with Crippen LogP contribution in [0.15, 0.2) is 48.5 Å². The molecule has 1 N–H and O–H groups in total. The van der Waals surface area contributed by atoms with Crippen LogP contribution in [0.1, 0.15) is 23.6 Å². The fourth-order valence-corrected chi connectivity index (χ4v) is 3.23. The number of hydrogen-bond donors (Lipinski definition) is 1. The molecular weight excluding hydrogens is 286 g/mol. The zero-order valence-corrected chi connectivity index (χ0v) is 14.7. The maximum Gasteiger partial charge on any atom is 0.119 e. The van der Waals surface area contributed by atoms with Crippen LogP contribution in [0.2, 0.25) is 0 Å². The first-order chi connectivity index (χ1) is 10.9. The molecule has 0 saturated heterocycles. The van der Waals surface area contributed by atoms with Gasteiger partial charge in [-0.15, -0.1) is 0 Å². The van der Waals surface area contributed by atoms with Crippen molar-refractivity contribution in [1.29, 1.82) is 0 Å². The van der Waals surface area contributed by atoms with Crippen molar-refractivity contribution in [3.63, 3.8) is 0 Å². The zero-order chi connectivity index (χ0) is 17.0. The Hall–Kier alpha value is -1.84. The van der Waals surface area contributed by atoms with Crippen molar-refractivity contribution in [3.8, 4) is 5.75 Å². The van der Waals surface area contributed by atoms with E-state index in [1.165, 1.54) is 0 Å². The van der Waals surface area contributed by atoms with E-state index in [9.17, 15) is 5.11 Å². The van der Waals surface area contributed by atoms with Gasteiger partial charge in [-0.3, -0.25) is 0 Å². The van der Waals surface area contributed by atoms with Crippen LogP contribution in [0, 0.1) is 12.8 Å². The predicted octanol–water partition coefficient (Wildman–Crippen LogP) is 3.44. The second-order valence-electron chi connectivity index (χ2n) is 6.47. The highest BCUT2D eigenvalue weighted by Crippen LogP contribution is 2.39. The fourth-order valence-electron chi connectivity index (χ4n) is 3.23. The summed E-state index contributed by atoms with van der Waals surface area (Å²) in [6.45, 7) is 4.93. The van der Waals surface area contributed by atoms with E-state index in [-0.39, 0.29) is 5.92 Å². The summed E-state index contributed by atoms with van der Waals surface area (Å²) in [5.41, 5.74) is 1.90. The van der Waals surface area contributed by atoms with Gasteiger partial charge in [0.1, 0.15) is 11.4 Å². The summed E-state index contributed by atoms with van der Waals surface area (Å²) in [7, 11) is 5.71. The molecule has 0 amide bonds. The number of aryl methyl sites for hydroxylation is 1. The molecule has 2 unspecified atom stereocenters. The van der Waals surface area contributed by atoms with Crippen molar-refractivity contribution in [2.45, 2.75) is 19.4 Å². The van der Waals surface area contributed by atoms with E-state index in [0.29, 0.717) is 0 Å². The molecule has 0 spiro atoms. The van der Waals surface area contributed by atoms with Crippen molar-refractivity contribution < 1.29 is 9.84 Å². The van der Waals surface area contributed by atoms with Crippen molar-refractivity contribution in [1.82, 2.24) is 4.90 Å². The van der Waals surface area contributed by atoms with Gasteiger partial charge in [0.15, 0.2) is 0 Å². The minimum absolute atomic E-state index is 0.0343. The average Bonchev–Trinajstić information content (AvgIpc) is 2.54. The quantitative estimate of drug-likeness (QED) is 0.887. The lowest BCUT2D eigenvalue weighted by atomic mass is 9.75. The lowest BCUT2D eigenvalue weighted by Crippen LogP contribution is -2.40. The largest absolute Gasteiger partial charge is 0.497 e. The average molecular weight is 313 g/mol. The Morgan fingerprint density at radius 2 is 1.70 bits per heavy atom. The number of methoxy groups -OCH3 is 1. The first kappa shape index (κ1) is 17.5. The van der Waals surface area contributed by atoms with Crippen molar-refractivity contribution >= 4 is 0 Å². The van der Waals surface area contributed by atoms with Gasteiger partial charge in [0.25, 0.3) is 0 Å². The molecule has 2 atom stereocenters. The minimum Gasteiger partial charge on any atom is -0.497 e. The lowest BCUT2D eigenvalue weighted by Gasteiger charge is -2.37. The lowest BCUT2D eigenvalue weighted by molar-refractivity contribution is 0.0129. The van der Waals surface area contributed by atoms with Crippen LogP contribution >= 0.6 is 0 Å². The predicted molar refractivity (Wildman–Crippen MR) is 94.9 cm³/mol. The molecule has 0 bridgehead atoms. The van der Waals surface area contributed by atoms with Gasteiger partial charge in [-0.25, -0.2) is 0 Å². The number of rotatable bonds is 6. The molecular formula is C20H27NO2. The molecule has 3 heteroatoms. The summed E-state index contributed by atoms with van der Waals surface area (Å²) in [5.74, 6) is 0.827. The Balaban J connectivity index is 2.56. The van der Waals surface area contributed by atoms with Gasteiger partial charge in [0, 0.05) is 12.5 Å². The van der Waals surface area contributed by atoms with Gasteiger partial charge in [-0.05, 0) is 49.8 Å². The Morgan fingerprint density at radius 1 is 1.09 bits per heavy atom. The molecule has 0 heterocycles. The van der Waals surface area contributed by atoms with Crippen molar-refractivity contribution in [2.75, 3.05) is 27.7 Å². The first-order valence-electron chi connectivity index (χ1n) is 7.97. The van der Waals surface area contributed by atoms with Gasteiger partial charge < -0.3 is 14.7 Å². The van der Waals surface area contributed by atoms with Crippen LogP contribution in [0.5, 0.6) is 5.75 Å². The van der Waals surface area contributed by atoms with Crippen LogP contribution < -0.4 is 4.74 Å². The van der Waals surface area contributed by atoms with E-state index in [1.807, 2.05) is 69.6 Å². The monoisotopic (exact) mass is 313 g/mol. The summed E-state index contributed by atoms with van der Waals surface area (Å²) < 4.78 is 5.25. The van der Waals surface area contributed by atoms with Gasteiger partial charge in [0.05, 0.1) is 7.11 Å². The second kappa shape index (κ2) is 7.16. The Bertz CT molecular complexity index is 636. The molecule has 2 aromatic carbocycles. The molecule has 0 radical (unpaired) electrons. The number of ether oxygens (including phenoxy) is 1. The standard InChI is InChI=1S/C20H27NO2/c1-15-8-6-7-9-19(15)20(22,16(2)14-21(3)4)17-10-12-18(23-5)13-11-17/h6-13,16,22H,14H2,1-5H3. The van der Waals surface area contributed by atoms with Crippen LogP contribution in [0.4, 0.5) is 0 Å². The summed E-state index contributed by atoms with van der Waals surface area (Å²) in [6, 6.07) is 15.8. The Labute approximate surface area is 139 Å². The molecule has 0 saturated carbocycles. The molecule has 0 aliphatic carbocycles. The highest BCUT2D eigenvalue weighted by Gasteiger charge is 2.38. The Kier molecular flexibility index (Phi) is 5.45. The molecule has 3 nitrogen and oxygen atoms in total. The summed E-state index contributed by atoms with van der Waals surface area (Å²) in [4.78, 5) is 2.11. The number of benzene rings is 2. The maximum atomic E-state index is 11.7. The number of aliphatic hydroxyl groups is 1. The van der Waals surface area contributed by atoms with Crippen molar-refractivity contribution in [2.24, 2.45) is 5.92 Å². The number of hydrogen-bond acceptors (Lipinski definition) is 3. The van der Waals surface area contributed by atoms with E-state index in [1.54, 1.807) is 7.11 Å². The third-order valence-corrected chi connectivity index (χ3v) is 4.44. The van der Waals surface area contributed by atoms with E-state index in [2.05, 4.69) is 11.8 Å². The number of nitrogens with zero attached hydrogens (tertiary/aromatic N) is 1. The first-order valence-corrected chi connectivity index (χ1v) is 7.97. The SMILES string of the molecule is COc1ccc(C(O)(c2ccccc2C)C(C)CN(C)C)cc1. The van der Waals surface area contributed by atoms with E-state index in [0.717, 1.165) is 29.0 Å². The third kappa shape index (κ3) is 3.57. The van der Waals surface area contributed by atoms with Crippen molar-refractivity contribution in [3.05, 3.63) is 65.2 Å². The summed E-state index contributed by atoms with van der Waals surface area (Å²) in [6.07, 6.45) is 0. The fraction of sp³-hybridized carbons (Fsp3) is 0.400. The molecule has 0 aromatic heterocycles. The highest BCUT2D eigenvalue weighted by atomic mass is 16.5. The third-order valence-electron chi connectivity index (χ3n) is 4.44. The molecule has 2 rings (SSSR count). The van der Waals surface area contributed by atoms with Gasteiger partial charge in [-0.1, -0.05) is 43.3 Å². The molecule has 0 aliphatic heterocycles. The van der Waals surface area contributed by atoms with Gasteiger partial charge in [0.2, 0.25) is 0 Å². The highest BCUT2D eigenvalue weighted by molar-refractivity contribution is 5.43. The van der Waals surface area contributed by atoms with Crippen LogP contribution in [-0.2, 0) is 5.60 Å². The van der Waals surface area contributed by atoms with E-state index in [4.69, 9.17) is 4.74 Å². The van der Waals surface area contributed by atoms with E-state index >= 15 is 0 Å². The molecule has 2 aromatic rings. The molecule has 0 aliphatic rings. The maximum absolute atomic E-state index is 11.7. The van der Waals surface area contributed by atoms with Gasteiger partial charge in [-0.2, -0.15) is 0 Å². The Morgan fingerprint density at radius 3 is 2.22 bits per heavy atom. The van der Waals surface area contributed by atoms with Crippen LogP contribution in [0.25, 0.3) is 0 Å². The minimum atomic E-state index is -1.04. The summed E-state index contributed by atoms with van der Waals surface area (Å²) >= 11 is 0. The van der Waals surface area contributed by atoms with Crippen LogP contribution in [0.3, 0.4) is 0 Å². The topological polar surface area (TPSA) is 32.7 Å². The zero-order valence-electron chi connectivity index (χ0n) is 14.7. The second-order valence-corrected chi connectivity index (χ2v) is 6.47.